The number of carboxylic acids is 1. The lowest BCUT2D eigenvalue weighted by Gasteiger charge is -2.04. The average Bonchev–Trinajstić information content (AvgIpc) is 2.87. The fourth-order valence-corrected chi connectivity index (χ4v) is 1.41. The second-order valence-corrected chi connectivity index (χ2v) is 3.52. The number of hydrogen-bond donors (Lipinski definition) is 2. The molecule has 0 aliphatic carbocycles. The van der Waals surface area contributed by atoms with Crippen molar-refractivity contribution in [2.24, 2.45) is 0 Å². The zero-order chi connectivity index (χ0) is 13.1. The number of carbonyl (C=O) groups is 2. The monoisotopic (exact) mass is 250 g/mol. The number of aromatic carboxylic acids is 1. The van der Waals surface area contributed by atoms with Crippen LogP contribution in [0.25, 0.3) is 0 Å². The summed E-state index contributed by atoms with van der Waals surface area (Å²) in [5.41, 5.74) is 0.0341. The summed E-state index contributed by atoms with van der Waals surface area (Å²) in [5.74, 6) is -1.14. The molecule has 2 N–H and O–H groups in total. The van der Waals surface area contributed by atoms with E-state index < -0.39 is 11.9 Å². The molecule has 0 aliphatic heterocycles. The molecule has 2 aromatic rings. The van der Waals surface area contributed by atoms with Crippen LogP contribution in [0.4, 0.5) is 6.01 Å². The third-order valence-electron chi connectivity index (χ3n) is 2.14. The minimum atomic E-state index is -1.10. The SMILES string of the molecule is Cc1noc(NC(=O)Cn2cccc2C(=O)O)n1. The van der Waals surface area contributed by atoms with E-state index in [1.807, 2.05) is 0 Å². The van der Waals surface area contributed by atoms with Crippen molar-refractivity contribution in [2.45, 2.75) is 13.5 Å². The molecule has 0 aliphatic rings. The Morgan fingerprint density at radius 3 is 2.94 bits per heavy atom. The van der Waals surface area contributed by atoms with E-state index in [1.54, 1.807) is 13.0 Å². The number of rotatable bonds is 4. The van der Waals surface area contributed by atoms with Crippen molar-refractivity contribution < 1.29 is 19.2 Å². The summed E-state index contributed by atoms with van der Waals surface area (Å²) in [6.07, 6.45) is 1.50. The van der Waals surface area contributed by atoms with Crippen molar-refractivity contribution >= 4 is 17.9 Å². The van der Waals surface area contributed by atoms with Crippen LogP contribution in [0.15, 0.2) is 22.9 Å². The fraction of sp³-hybridized carbons (Fsp3) is 0.200. The zero-order valence-electron chi connectivity index (χ0n) is 9.45. The molecule has 0 saturated carbocycles. The topological polar surface area (TPSA) is 110 Å². The van der Waals surface area contributed by atoms with Gasteiger partial charge in [-0.15, -0.1) is 0 Å². The third-order valence-corrected chi connectivity index (χ3v) is 2.14. The number of hydrogen-bond acceptors (Lipinski definition) is 5. The van der Waals surface area contributed by atoms with E-state index in [2.05, 4.69) is 15.5 Å². The van der Waals surface area contributed by atoms with E-state index in [-0.39, 0.29) is 18.3 Å². The summed E-state index contributed by atoms with van der Waals surface area (Å²) in [5, 5.41) is 14.8. The number of anilines is 1. The maximum atomic E-state index is 11.6. The summed E-state index contributed by atoms with van der Waals surface area (Å²) < 4.78 is 6.02. The summed E-state index contributed by atoms with van der Waals surface area (Å²) in [6, 6.07) is 2.95. The lowest BCUT2D eigenvalue weighted by atomic mass is 10.4. The van der Waals surface area contributed by atoms with Crippen LogP contribution in [0.1, 0.15) is 16.3 Å². The van der Waals surface area contributed by atoms with Gasteiger partial charge in [-0.3, -0.25) is 10.1 Å². The molecule has 0 radical (unpaired) electrons. The highest BCUT2D eigenvalue weighted by atomic mass is 16.5. The van der Waals surface area contributed by atoms with Gasteiger partial charge < -0.3 is 14.2 Å². The van der Waals surface area contributed by atoms with Crippen molar-refractivity contribution in [3.8, 4) is 0 Å². The van der Waals surface area contributed by atoms with Crippen molar-refractivity contribution in [1.82, 2.24) is 14.7 Å². The van der Waals surface area contributed by atoms with Gasteiger partial charge in [-0.05, 0) is 19.1 Å². The van der Waals surface area contributed by atoms with E-state index in [1.165, 1.54) is 16.8 Å². The lowest BCUT2D eigenvalue weighted by Crippen LogP contribution is -2.21. The highest BCUT2D eigenvalue weighted by Crippen LogP contribution is 2.05. The van der Waals surface area contributed by atoms with E-state index >= 15 is 0 Å². The predicted octanol–water partition coefficient (Wildman–Crippen LogP) is 0.516. The second kappa shape index (κ2) is 4.70. The van der Waals surface area contributed by atoms with Crippen LogP contribution in [0.3, 0.4) is 0 Å². The van der Waals surface area contributed by atoms with Crippen molar-refractivity contribution in [3.63, 3.8) is 0 Å². The molecule has 0 spiro atoms. The molecule has 0 atom stereocenters. The summed E-state index contributed by atoms with van der Waals surface area (Å²) >= 11 is 0. The van der Waals surface area contributed by atoms with E-state index in [4.69, 9.17) is 9.63 Å². The Balaban J connectivity index is 2.03. The molecule has 0 unspecified atom stereocenters. The van der Waals surface area contributed by atoms with E-state index in [9.17, 15) is 9.59 Å². The Kier molecular flexibility index (Phi) is 3.09. The maximum Gasteiger partial charge on any atom is 0.352 e. The first-order chi connectivity index (χ1) is 8.56. The zero-order valence-corrected chi connectivity index (χ0v) is 9.45. The highest BCUT2D eigenvalue weighted by molar-refractivity contribution is 5.90. The van der Waals surface area contributed by atoms with Gasteiger partial charge in [0.25, 0.3) is 0 Å². The number of nitrogens with zero attached hydrogens (tertiary/aromatic N) is 3. The van der Waals surface area contributed by atoms with Gasteiger partial charge in [0.1, 0.15) is 12.2 Å². The summed E-state index contributed by atoms with van der Waals surface area (Å²) in [7, 11) is 0. The van der Waals surface area contributed by atoms with Crippen LogP contribution in [-0.2, 0) is 11.3 Å². The standard InChI is InChI=1S/C10H10N4O4/c1-6-11-10(18-13-6)12-8(15)5-14-4-2-3-7(14)9(16)17/h2-4H,5H2,1H3,(H,16,17)(H,11,12,13,15). The highest BCUT2D eigenvalue weighted by Gasteiger charge is 2.13. The van der Waals surface area contributed by atoms with Crippen molar-refractivity contribution in [1.29, 1.82) is 0 Å². The minimum Gasteiger partial charge on any atom is -0.477 e. The lowest BCUT2D eigenvalue weighted by molar-refractivity contribution is -0.116. The molecule has 94 valence electrons. The molecule has 2 aromatic heterocycles. The number of aryl methyl sites for hydroxylation is 1. The van der Waals surface area contributed by atoms with Crippen LogP contribution in [0.5, 0.6) is 0 Å². The fourth-order valence-electron chi connectivity index (χ4n) is 1.41. The molecule has 0 saturated heterocycles. The first-order valence-electron chi connectivity index (χ1n) is 5.05. The normalized spacial score (nSPS) is 10.3. The Bertz CT molecular complexity index is 586. The number of nitrogens with one attached hydrogen (secondary N) is 1. The average molecular weight is 250 g/mol. The van der Waals surface area contributed by atoms with Gasteiger partial charge >= 0.3 is 12.0 Å². The molecular weight excluding hydrogens is 240 g/mol. The molecular formula is C10H10N4O4. The number of carbonyl (C=O) groups excluding carboxylic acids is 1. The van der Waals surface area contributed by atoms with Crippen molar-refractivity contribution in [3.05, 3.63) is 29.8 Å². The van der Waals surface area contributed by atoms with Crippen LogP contribution >= 0.6 is 0 Å². The van der Waals surface area contributed by atoms with Gasteiger partial charge in [-0.25, -0.2) is 4.79 Å². The van der Waals surface area contributed by atoms with E-state index in [0.717, 1.165) is 0 Å². The largest absolute Gasteiger partial charge is 0.477 e. The Morgan fingerprint density at radius 2 is 2.33 bits per heavy atom. The van der Waals surface area contributed by atoms with Gasteiger partial charge in [0.2, 0.25) is 5.91 Å². The maximum absolute atomic E-state index is 11.6. The molecule has 0 fully saturated rings. The van der Waals surface area contributed by atoms with Gasteiger partial charge in [-0.1, -0.05) is 5.16 Å². The smallest absolute Gasteiger partial charge is 0.352 e. The first-order valence-corrected chi connectivity index (χ1v) is 5.05. The number of aromatic nitrogens is 3. The molecule has 0 aromatic carbocycles. The van der Waals surface area contributed by atoms with Crippen LogP contribution in [0, 0.1) is 6.92 Å². The molecule has 2 heterocycles. The molecule has 0 bridgehead atoms. The minimum absolute atomic E-state index is 0.0125. The van der Waals surface area contributed by atoms with Gasteiger partial charge in [0.15, 0.2) is 5.82 Å². The Hall–Kier alpha value is -2.64. The van der Waals surface area contributed by atoms with Crippen LogP contribution < -0.4 is 5.32 Å². The van der Waals surface area contributed by atoms with Crippen LogP contribution in [0.2, 0.25) is 0 Å². The van der Waals surface area contributed by atoms with Gasteiger partial charge in [0, 0.05) is 6.20 Å². The third kappa shape index (κ3) is 2.54. The molecule has 2 rings (SSSR count). The predicted molar refractivity (Wildman–Crippen MR) is 59.1 cm³/mol. The van der Waals surface area contributed by atoms with Gasteiger partial charge in [-0.2, -0.15) is 4.98 Å². The first kappa shape index (κ1) is 11.8. The quantitative estimate of drug-likeness (QED) is 0.818. The number of amides is 1. The molecule has 8 heteroatoms. The van der Waals surface area contributed by atoms with Crippen LogP contribution in [-0.4, -0.2) is 31.7 Å². The molecule has 1 amide bonds. The summed E-state index contributed by atoms with van der Waals surface area (Å²) in [4.78, 5) is 26.2. The van der Waals surface area contributed by atoms with Crippen molar-refractivity contribution in [2.75, 3.05) is 5.32 Å². The molecule has 8 nitrogen and oxygen atoms in total. The number of carboxylic acid groups (broad SMARTS) is 1. The Labute approximate surface area is 101 Å². The summed E-state index contributed by atoms with van der Waals surface area (Å²) in [6.45, 7) is 1.48. The Morgan fingerprint density at radius 1 is 1.56 bits per heavy atom. The van der Waals surface area contributed by atoms with E-state index in [0.29, 0.717) is 5.82 Å². The molecule has 18 heavy (non-hydrogen) atoms. The van der Waals surface area contributed by atoms with Gasteiger partial charge in [0.05, 0.1) is 0 Å². The second-order valence-electron chi connectivity index (χ2n) is 3.52.